The first kappa shape index (κ1) is 31.6. The van der Waals surface area contributed by atoms with Crippen molar-refractivity contribution < 1.29 is 29.2 Å². The quantitative estimate of drug-likeness (QED) is 0.395. The maximum Gasteiger partial charge on any atom is 0.387 e. The van der Waals surface area contributed by atoms with Crippen molar-refractivity contribution in [3.63, 3.8) is 0 Å². The number of rotatable bonds is 6. The van der Waals surface area contributed by atoms with Gasteiger partial charge in [-0.2, -0.15) is 15.2 Å². The third kappa shape index (κ3) is 6.87. The van der Waals surface area contributed by atoms with E-state index in [2.05, 4.69) is 83.1 Å². The molecule has 0 atom stereocenters. The number of hydrogen-bond acceptors (Lipinski definition) is 9. The van der Waals surface area contributed by atoms with Gasteiger partial charge in [0.05, 0.1) is 18.3 Å². The highest BCUT2D eigenvalue weighted by molar-refractivity contribution is 7.41. The first-order valence-electron chi connectivity index (χ1n) is 13.8. The molecule has 3 N–H and O–H groups in total. The summed E-state index contributed by atoms with van der Waals surface area (Å²) >= 11 is 0. The van der Waals surface area contributed by atoms with Gasteiger partial charge in [-0.25, -0.2) is 13.9 Å². The number of hydrogen-bond donors (Lipinski definition) is 3. The van der Waals surface area contributed by atoms with Gasteiger partial charge in [0.15, 0.2) is 0 Å². The van der Waals surface area contributed by atoms with Crippen LogP contribution in [0.5, 0.6) is 0 Å². The Morgan fingerprint density at radius 3 is 0.757 bits per heavy atom. The summed E-state index contributed by atoms with van der Waals surface area (Å²) in [6, 6.07) is 0. The molecule has 3 rings (SSSR count). The summed E-state index contributed by atoms with van der Waals surface area (Å²) in [7, 11) is -1.99. The van der Waals surface area contributed by atoms with Crippen molar-refractivity contribution in [2.75, 3.05) is 0 Å². The highest BCUT2D eigenvalue weighted by Crippen LogP contribution is 2.55. The Balaban J connectivity index is 1.99. The maximum atomic E-state index is 10.6. The summed E-state index contributed by atoms with van der Waals surface area (Å²) in [6.07, 6.45) is 2.17. The molecule has 3 aliphatic rings. The predicted octanol–water partition coefficient (Wildman–Crippen LogP) is 5.05. The fourth-order valence-electron chi connectivity index (χ4n) is 7.54. The average molecular weight is 548 g/mol. The van der Waals surface area contributed by atoms with E-state index < -0.39 is 60.1 Å². The van der Waals surface area contributed by atoms with Crippen molar-refractivity contribution in [2.24, 2.45) is 0 Å². The largest absolute Gasteiger partial charge is 0.393 e. The van der Waals surface area contributed by atoms with Crippen molar-refractivity contribution in [1.82, 2.24) is 15.2 Å². The topological polar surface area (TPSA) is 98.1 Å². The smallest absolute Gasteiger partial charge is 0.387 e. The van der Waals surface area contributed by atoms with Gasteiger partial charge in [-0.3, -0.25) is 0 Å². The van der Waals surface area contributed by atoms with Crippen LogP contribution >= 0.6 is 8.60 Å². The molecule has 0 bridgehead atoms. The number of nitrogens with zero attached hydrogens (tertiary/aromatic N) is 3. The molecule has 0 aromatic rings. The van der Waals surface area contributed by atoms with E-state index in [1.807, 2.05) is 15.2 Å². The normalized spacial score (nSPS) is 31.1. The van der Waals surface area contributed by atoms with Gasteiger partial charge in [0.2, 0.25) is 0 Å². The molecule has 0 radical (unpaired) electrons. The van der Waals surface area contributed by atoms with Gasteiger partial charge in [-0.05, 0) is 122 Å². The van der Waals surface area contributed by atoms with Gasteiger partial charge in [0, 0.05) is 33.2 Å². The molecule has 0 aromatic heterocycles. The SMILES string of the molecule is CC1(C)CC(O)CC(C)(C)N1OP(ON1C(C)(C)CC(O)CC1(C)C)ON1C(C)(C)CC(O)CC1(C)C. The molecule has 0 aromatic carbocycles. The summed E-state index contributed by atoms with van der Waals surface area (Å²) < 4.78 is 20.2. The van der Waals surface area contributed by atoms with E-state index in [0.29, 0.717) is 38.5 Å². The molecule has 0 amide bonds. The minimum absolute atomic E-state index is 0.416. The van der Waals surface area contributed by atoms with Crippen LogP contribution in [0.3, 0.4) is 0 Å². The van der Waals surface area contributed by atoms with E-state index in [1.54, 1.807) is 0 Å². The summed E-state index contributed by atoms with van der Waals surface area (Å²) in [4.78, 5) is 0. The molecule has 3 aliphatic heterocycles. The lowest BCUT2D eigenvalue weighted by atomic mass is 9.80. The minimum Gasteiger partial charge on any atom is -0.393 e. The number of piperidine rings is 3. The highest BCUT2D eigenvalue weighted by atomic mass is 31.2. The van der Waals surface area contributed by atoms with Crippen LogP contribution < -0.4 is 0 Å². The molecule has 0 aliphatic carbocycles. The van der Waals surface area contributed by atoms with Crippen LogP contribution in [0.2, 0.25) is 0 Å². The Kier molecular flexibility index (Phi) is 8.68. The summed E-state index contributed by atoms with van der Waals surface area (Å²) in [5.41, 5.74) is -2.75. The van der Waals surface area contributed by atoms with Crippen LogP contribution in [-0.2, 0) is 13.9 Å². The molecule has 218 valence electrons. The number of hydroxylamine groups is 6. The molecule has 0 unspecified atom stereocenters. The van der Waals surface area contributed by atoms with Crippen molar-refractivity contribution in [3.8, 4) is 0 Å². The summed E-state index contributed by atoms with van der Waals surface area (Å²) in [5.74, 6) is 0. The maximum absolute atomic E-state index is 10.6. The molecule has 3 fully saturated rings. The highest BCUT2D eigenvalue weighted by Gasteiger charge is 2.54. The zero-order valence-electron chi connectivity index (χ0n) is 25.3. The minimum atomic E-state index is -1.99. The second-order valence-corrected chi connectivity index (χ2v) is 16.3. The molecular weight excluding hydrogens is 493 g/mol. The van der Waals surface area contributed by atoms with Gasteiger partial charge in [0.25, 0.3) is 0 Å². The van der Waals surface area contributed by atoms with Crippen molar-refractivity contribution in [3.05, 3.63) is 0 Å². The van der Waals surface area contributed by atoms with E-state index in [4.69, 9.17) is 13.9 Å². The molecule has 37 heavy (non-hydrogen) atoms. The van der Waals surface area contributed by atoms with Gasteiger partial charge >= 0.3 is 8.60 Å². The van der Waals surface area contributed by atoms with Crippen LogP contribution in [0.25, 0.3) is 0 Å². The lowest BCUT2D eigenvalue weighted by molar-refractivity contribution is -0.303. The molecule has 9 nitrogen and oxygen atoms in total. The number of aliphatic hydroxyl groups excluding tert-OH is 3. The van der Waals surface area contributed by atoms with E-state index in [1.165, 1.54) is 0 Å². The lowest BCUT2D eigenvalue weighted by Crippen LogP contribution is -2.64. The third-order valence-corrected chi connectivity index (χ3v) is 9.04. The Morgan fingerprint density at radius 1 is 0.432 bits per heavy atom. The molecule has 0 saturated carbocycles. The zero-order valence-corrected chi connectivity index (χ0v) is 26.2. The van der Waals surface area contributed by atoms with Crippen LogP contribution in [0.1, 0.15) is 122 Å². The first-order chi connectivity index (χ1) is 16.5. The van der Waals surface area contributed by atoms with Gasteiger partial charge in [-0.1, -0.05) is 0 Å². The van der Waals surface area contributed by atoms with Crippen molar-refractivity contribution in [1.29, 1.82) is 0 Å². The summed E-state index contributed by atoms with van der Waals surface area (Å²) in [6.45, 7) is 24.8. The molecule has 0 spiro atoms. The van der Waals surface area contributed by atoms with Crippen LogP contribution in [0, 0.1) is 0 Å². The van der Waals surface area contributed by atoms with E-state index in [9.17, 15) is 15.3 Å². The molecular formula is C27H54N3O6P. The van der Waals surface area contributed by atoms with Crippen LogP contribution in [-0.4, -0.2) is 82.1 Å². The molecule has 10 heteroatoms. The van der Waals surface area contributed by atoms with E-state index in [0.717, 1.165) is 0 Å². The predicted molar refractivity (Wildman–Crippen MR) is 146 cm³/mol. The Hall–Kier alpha value is 0.0700. The fraction of sp³-hybridized carbons (Fsp3) is 1.00. The summed E-state index contributed by atoms with van der Waals surface area (Å²) in [5, 5.41) is 37.6. The monoisotopic (exact) mass is 547 g/mol. The molecule has 3 heterocycles. The lowest BCUT2D eigenvalue weighted by Gasteiger charge is -2.57. The average Bonchev–Trinajstić information content (AvgIpc) is 2.59. The third-order valence-electron chi connectivity index (χ3n) is 8.15. The van der Waals surface area contributed by atoms with E-state index in [-0.39, 0.29) is 0 Å². The van der Waals surface area contributed by atoms with Crippen molar-refractivity contribution in [2.45, 2.75) is 173 Å². The Labute approximate surface area is 226 Å². The Bertz CT molecular complexity index is 659. The van der Waals surface area contributed by atoms with Gasteiger partial charge < -0.3 is 15.3 Å². The molecule has 3 saturated heterocycles. The zero-order chi connectivity index (χ0) is 28.4. The van der Waals surface area contributed by atoms with E-state index >= 15 is 0 Å². The second kappa shape index (κ2) is 10.2. The van der Waals surface area contributed by atoms with Crippen LogP contribution in [0.4, 0.5) is 0 Å². The number of aliphatic hydroxyl groups is 3. The van der Waals surface area contributed by atoms with Gasteiger partial charge in [0.1, 0.15) is 0 Å². The second-order valence-electron chi connectivity index (χ2n) is 15.4. The Morgan fingerprint density at radius 2 is 0.595 bits per heavy atom. The fourth-order valence-corrected chi connectivity index (χ4v) is 9.36. The standard InChI is InChI=1S/C27H54N3O6P/c1-22(2)13-19(31)14-23(3,4)28(22)34-37(35-29-24(5,6)15-20(32)16-25(29,7)8)36-30-26(9,10)17-21(33)18-27(30,11)12/h19-21,31-33H,13-18H2,1-12H3. The van der Waals surface area contributed by atoms with Crippen LogP contribution in [0.15, 0.2) is 0 Å². The van der Waals surface area contributed by atoms with Gasteiger partial charge in [-0.15, -0.1) is 0 Å². The van der Waals surface area contributed by atoms with Crippen molar-refractivity contribution >= 4 is 8.60 Å². The first-order valence-corrected chi connectivity index (χ1v) is 14.9.